The highest BCUT2D eigenvalue weighted by atomic mass is 35.5. The zero-order valence-corrected chi connectivity index (χ0v) is 13.6. The number of nitrogens with one attached hydrogen (secondary N) is 1. The van der Waals surface area contributed by atoms with Gasteiger partial charge in [-0.15, -0.1) is 0 Å². The highest BCUT2D eigenvalue weighted by molar-refractivity contribution is 7.89. The second kappa shape index (κ2) is 7.33. The zero-order valence-electron chi connectivity index (χ0n) is 11.2. The third-order valence-corrected chi connectivity index (χ3v) is 4.53. The van der Waals surface area contributed by atoms with E-state index in [0.29, 0.717) is 5.56 Å². The molecule has 8 heteroatoms. The fraction of sp³-hybridized carbons (Fsp3) is 0.417. The van der Waals surface area contributed by atoms with Crippen molar-refractivity contribution >= 4 is 38.8 Å². The van der Waals surface area contributed by atoms with Gasteiger partial charge in [0.15, 0.2) is 0 Å². The van der Waals surface area contributed by atoms with Crippen LogP contribution in [-0.4, -0.2) is 32.7 Å². The number of hydrogen-bond donors (Lipinski definition) is 2. The predicted molar refractivity (Wildman–Crippen MR) is 83.6 cm³/mol. The number of benzene rings is 1. The Morgan fingerprint density at radius 2 is 2.15 bits per heavy atom. The molecular weight excluding hydrogens is 320 g/mol. The lowest BCUT2D eigenvalue weighted by atomic mass is 10.2. The smallest absolute Gasteiger partial charge is 0.242 e. The average molecular weight is 337 g/mol. The zero-order chi connectivity index (χ0) is 15.3. The van der Waals surface area contributed by atoms with Crippen LogP contribution < -0.4 is 10.5 Å². The topological polar surface area (TPSA) is 81.4 Å². The number of thiocarbonyl (C=S) groups is 1. The van der Waals surface area contributed by atoms with Crippen LogP contribution in [0.25, 0.3) is 0 Å². The first-order chi connectivity index (χ1) is 9.24. The number of hydrogen-bond acceptors (Lipinski definition) is 4. The van der Waals surface area contributed by atoms with Crippen LogP contribution in [0.2, 0.25) is 5.02 Å². The quantitative estimate of drug-likeness (QED) is 0.585. The summed E-state index contributed by atoms with van der Waals surface area (Å²) in [6.45, 7) is 4.19. The molecule has 0 saturated carbocycles. The van der Waals surface area contributed by atoms with Gasteiger partial charge in [0, 0.05) is 12.1 Å². The van der Waals surface area contributed by atoms with E-state index in [0.717, 1.165) is 0 Å². The Kier molecular flexibility index (Phi) is 6.35. The second-order valence-corrected chi connectivity index (χ2v) is 6.91. The van der Waals surface area contributed by atoms with E-state index in [4.69, 9.17) is 34.3 Å². The lowest BCUT2D eigenvalue weighted by Gasteiger charge is -2.11. The van der Waals surface area contributed by atoms with Crippen LogP contribution in [0.5, 0.6) is 0 Å². The van der Waals surface area contributed by atoms with Gasteiger partial charge in [0.1, 0.15) is 9.88 Å². The Hall–Kier alpha value is -0.730. The standard InChI is InChI=1S/C12H17ClN2O3S2/c1-8(2)18-6-5-15-20(16,17)11-7-9(12(14)19)3-4-10(11)13/h3-4,7-8,15H,5-6H2,1-2H3,(H2,14,19). The molecule has 0 saturated heterocycles. The van der Waals surface area contributed by atoms with E-state index in [-0.39, 0.29) is 34.2 Å². The van der Waals surface area contributed by atoms with Crippen LogP contribution >= 0.6 is 23.8 Å². The normalized spacial score (nSPS) is 11.8. The molecule has 0 heterocycles. The van der Waals surface area contributed by atoms with Gasteiger partial charge in [-0.1, -0.05) is 29.9 Å². The van der Waals surface area contributed by atoms with Gasteiger partial charge < -0.3 is 10.5 Å². The van der Waals surface area contributed by atoms with Crippen molar-refractivity contribution in [3.8, 4) is 0 Å². The summed E-state index contributed by atoms with van der Waals surface area (Å²) in [5.41, 5.74) is 5.93. The van der Waals surface area contributed by atoms with Gasteiger partial charge in [-0.05, 0) is 26.0 Å². The molecule has 112 valence electrons. The number of halogens is 1. The largest absolute Gasteiger partial charge is 0.389 e. The molecule has 0 aliphatic rings. The van der Waals surface area contributed by atoms with E-state index in [2.05, 4.69) is 4.72 Å². The summed E-state index contributed by atoms with van der Waals surface area (Å²) in [6, 6.07) is 4.39. The number of rotatable bonds is 7. The lowest BCUT2D eigenvalue weighted by Crippen LogP contribution is -2.28. The van der Waals surface area contributed by atoms with Crippen molar-refractivity contribution in [2.24, 2.45) is 5.73 Å². The summed E-state index contributed by atoms with van der Waals surface area (Å²) in [5, 5.41) is 0.113. The van der Waals surface area contributed by atoms with Crippen LogP contribution in [0.15, 0.2) is 23.1 Å². The van der Waals surface area contributed by atoms with Crippen molar-refractivity contribution in [2.75, 3.05) is 13.2 Å². The van der Waals surface area contributed by atoms with E-state index in [1.807, 2.05) is 13.8 Å². The van der Waals surface area contributed by atoms with E-state index in [9.17, 15) is 8.42 Å². The van der Waals surface area contributed by atoms with Crippen molar-refractivity contribution in [1.29, 1.82) is 0 Å². The maximum Gasteiger partial charge on any atom is 0.242 e. The Balaban J connectivity index is 2.86. The van der Waals surface area contributed by atoms with Gasteiger partial charge in [-0.2, -0.15) is 0 Å². The molecule has 0 aromatic heterocycles. The number of nitrogens with two attached hydrogens (primary N) is 1. The van der Waals surface area contributed by atoms with Gasteiger partial charge in [-0.3, -0.25) is 0 Å². The minimum absolute atomic E-state index is 0.0426. The summed E-state index contributed by atoms with van der Waals surface area (Å²) >= 11 is 10.7. The van der Waals surface area contributed by atoms with Crippen molar-refractivity contribution in [3.05, 3.63) is 28.8 Å². The van der Waals surface area contributed by atoms with Crippen LogP contribution in [0.4, 0.5) is 0 Å². The summed E-state index contributed by atoms with van der Waals surface area (Å²) < 4.78 is 32.0. The SMILES string of the molecule is CC(C)OCCNS(=O)(=O)c1cc(C(N)=S)ccc1Cl. The van der Waals surface area contributed by atoms with Crippen molar-refractivity contribution in [1.82, 2.24) is 4.72 Å². The van der Waals surface area contributed by atoms with Gasteiger partial charge in [0.25, 0.3) is 0 Å². The minimum Gasteiger partial charge on any atom is -0.389 e. The molecule has 0 radical (unpaired) electrons. The van der Waals surface area contributed by atoms with Crippen LogP contribution in [0.3, 0.4) is 0 Å². The molecule has 0 aliphatic heterocycles. The van der Waals surface area contributed by atoms with E-state index in [1.165, 1.54) is 12.1 Å². The molecule has 0 atom stereocenters. The van der Waals surface area contributed by atoms with Gasteiger partial charge >= 0.3 is 0 Å². The fourth-order valence-electron chi connectivity index (χ4n) is 1.41. The molecular formula is C12H17ClN2O3S2. The summed E-state index contributed by atoms with van der Waals surface area (Å²) in [5.74, 6) is 0. The molecule has 0 fully saturated rings. The Bertz CT molecular complexity index is 588. The monoisotopic (exact) mass is 336 g/mol. The molecule has 1 rings (SSSR count). The minimum atomic E-state index is -3.72. The lowest BCUT2D eigenvalue weighted by molar-refractivity contribution is 0.0834. The first-order valence-electron chi connectivity index (χ1n) is 5.94. The van der Waals surface area contributed by atoms with Crippen LogP contribution in [-0.2, 0) is 14.8 Å². The molecule has 1 aromatic carbocycles. The molecule has 1 aromatic rings. The maximum absolute atomic E-state index is 12.1. The predicted octanol–water partition coefficient (Wildman–Crippen LogP) is 1.68. The Morgan fingerprint density at radius 1 is 1.50 bits per heavy atom. The number of sulfonamides is 1. The fourth-order valence-corrected chi connectivity index (χ4v) is 3.07. The van der Waals surface area contributed by atoms with Gasteiger partial charge in [-0.25, -0.2) is 13.1 Å². The van der Waals surface area contributed by atoms with Crippen molar-refractivity contribution < 1.29 is 13.2 Å². The Morgan fingerprint density at radius 3 is 2.70 bits per heavy atom. The third-order valence-electron chi connectivity index (χ3n) is 2.35. The van der Waals surface area contributed by atoms with Crippen molar-refractivity contribution in [3.63, 3.8) is 0 Å². The summed E-state index contributed by atoms with van der Waals surface area (Å²) in [6.07, 6.45) is 0.0426. The maximum atomic E-state index is 12.1. The first-order valence-corrected chi connectivity index (χ1v) is 8.21. The Labute approximate surface area is 129 Å². The van der Waals surface area contributed by atoms with Gasteiger partial charge in [0.05, 0.1) is 17.7 Å². The third kappa shape index (κ3) is 4.99. The average Bonchev–Trinajstić information content (AvgIpc) is 2.34. The molecule has 0 aliphatic carbocycles. The van der Waals surface area contributed by atoms with E-state index in [1.54, 1.807) is 6.07 Å². The van der Waals surface area contributed by atoms with Gasteiger partial charge in [0.2, 0.25) is 10.0 Å². The molecule has 5 nitrogen and oxygen atoms in total. The van der Waals surface area contributed by atoms with E-state index >= 15 is 0 Å². The molecule has 0 bridgehead atoms. The second-order valence-electron chi connectivity index (χ2n) is 4.33. The number of ether oxygens (including phenoxy) is 1. The molecule has 0 amide bonds. The highest BCUT2D eigenvalue weighted by Gasteiger charge is 2.18. The first kappa shape index (κ1) is 17.3. The van der Waals surface area contributed by atoms with Crippen LogP contribution in [0.1, 0.15) is 19.4 Å². The highest BCUT2D eigenvalue weighted by Crippen LogP contribution is 2.22. The van der Waals surface area contributed by atoms with E-state index < -0.39 is 10.0 Å². The molecule has 20 heavy (non-hydrogen) atoms. The molecule has 3 N–H and O–H groups in total. The summed E-state index contributed by atoms with van der Waals surface area (Å²) in [4.78, 5) is 0.0651. The van der Waals surface area contributed by atoms with Crippen LogP contribution in [0, 0.1) is 0 Å². The summed E-state index contributed by atoms with van der Waals surface area (Å²) in [7, 11) is -3.72. The van der Waals surface area contributed by atoms with Crippen molar-refractivity contribution in [2.45, 2.75) is 24.8 Å². The molecule has 0 spiro atoms. The molecule has 0 unspecified atom stereocenters.